The molecule has 0 aliphatic heterocycles. The SMILES string of the molecule is CN(C)C(=O)C(C(=O)Nc1ccccc1)c1ccc(C(=O)Nc2ccccc2N)cc1. The van der Waals surface area contributed by atoms with E-state index in [1.165, 1.54) is 4.90 Å². The molecule has 0 bridgehead atoms. The predicted octanol–water partition coefficient (Wildman–Crippen LogP) is 3.33. The fourth-order valence-electron chi connectivity index (χ4n) is 3.03. The Labute approximate surface area is 180 Å². The fraction of sp³-hybridized carbons (Fsp3) is 0.125. The van der Waals surface area contributed by atoms with Crippen LogP contribution in [0.4, 0.5) is 17.1 Å². The van der Waals surface area contributed by atoms with Crippen LogP contribution in [0, 0.1) is 0 Å². The number of hydrogen-bond acceptors (Lipinski definition) is 4. The first-order chi connectivity index (χ1) is 14.9. The highest BCUT2D eigenvalue weighted by Gasteiger charge is 2.30. The second-order valence-electron chi connectivity index (χ2n) is 7.18. The number of carbonyl (C=O) groups is 3. The van der Waals surface area contributed by atoms with Gasteiger partial charge in [0.2, 0.25) is 11.8 Å². The lowest BCUT2D eigenvalue weighted by molar-refractivity contribution is -0.134. The van der Waals surface area contributed by atoms with Gasteiger partial charge >= 0.3 is 0 Å². The predicted molar refractivity (Wildman–Crippen MR) is 122 cm³/mol. The zero-order valence-corrected chi connectivity index (χ0v) is 17.3. The van der Waals surface area contributed by atoms with Crippen molar-refractivity contribution in [3.05, 3.63) is 90.0 Å². The monoisotopic (exact) mass is 416 g/mol. The second-order valence-corrected chi connectivity index (χ2v) is 7.18. The van der Waals surface area contributed by atoms with Crippen molar-refractivity contribution in [3.63, 3.8) is 0 Å². The summed E-state index contributed by atoms with van der Waals surface area (Å²) < 4.78 is 0. The Kier molecular flexibility index (Phi) is 6.67. The van der Waals surface area contributed by atoms with Crippen LogP contribution in [0.5, 0.6) is 0 Å². The van der Waals surface area contributed by atoms with Crippen molar-refractivity contribution in [3.8, 4) is 0 Å². The summed E-state index contributed by atoms with van der Waals surface area (Å²) in [6.07, 6.45) is 0. The summed E-state index contributed by atoms with van der Waals surface area (Å²) in [7, 11) is 3.19. The van der Waals surface area contributed by atoms with Gasteiger partial charge in [-0.15, -0.1) is 0 Å². The van der Waals surface area contributed by atoms with Crippen molar-refractivity contribution >= 4 is 34.8 Å². The van der Waals surface area contributed by atoms with Gasteiger partial charge in [-0.3, -0.25) is 14.4 Å². The highest BCUT2D eigenvalue weighted by Crippen LogP contribution is 2.23. The third-order valence-electron chi connectivity index (χ3n) is 4.71. The summed E-state index contributed by atoms with van der Waals surface area (Å²) in [5.41, 5.74) is 8.31. The van der Waals surface area contributed by atoms with E-state index in [1.807, 2.05) is 6.07 Å². The number of carbonyl (C=O) groups excluding carboxylic acids is 3. The largest absolute Gasteiger partial charge is 0.397 e. The number of nitrogens with two attached hydrogens (primary N) is 1. The molecule has 7 heteroatoms. The number of rotatable bonds is 6. The van der Waals surface area contributed by atoms with Crippen molar-refractivity contribution in [1.82, 2.24) is 4.90 Å². The van der Waals surface area contributed by atoms with Gasteiger partial charge < -0.3 is 21.3 Å². The molecule has 0 saturated heterocycles. The van der Waals surface area contributed by atoms with Crippen LogP contribution in [0.25, 0.3) is 0 Å². The molecule has 7 nitrogen and oxygen atoms in total. The molecule has 31 heavy (non-hydrogen) atoms. The lowest BCUT2D eigenvalue weighted by Crippen LogP contribution is -2.36. The van der Waals surface area contributed by atoms with Crippen LogP contribution >= 0.6 is 0 Å². The van der Waals surface area contributed by atoms with E-state index in [0.717, 1.165) is 0 Å². The molecule has 0 aliphatic carbocycles. The summed E-state index contributed by atoms with van der Waals surface area (Å²) in [6.45, 7) is 0. The van der Waals surface area contributed by atoms with E-state index in [-0.39, 0.29) is 11.8 Å². The third kappa shape index (κ3) is 5.27. The van der Waals surface area contributed by atoms with Crippen LogP contribution in [-0.4, -0.2) is 36.7 Å². The molecular weight excluding hydrogens is 392 g/mol. The Morgan fingerprint density at radius 2 is 1.42 bits per heavy atom. The standard InChI is InChI=1S/C24H24N4O3/c1-28(2)24(31)21(23(30)26-18-8-4-3-5-9-18)16-12-14-17(15-13-16)22(29)27-20-11-7-6-10-19(20)25/h3-15,21H,25H2,1-2H3,(H,26,30)(H,27,29). The van der Waals surface area contributed by atoms with Crippen molar-refractivity contribution in [2.24, 2.45) is 0 Å². The molecule has 0 aliphatic rings. The molecule has 1 atom stereocenters. The molecule has 3 aromatic carbocycles. The topological polar surface area (TPSA) is 105 Å². The number of likely N-dealkylation sites (N-methyl/N-ethyl adjacent to an activating group) is 1. The van der Waals surface area contributed by atoms with Crippen molar-refractivity contribution in [2.75, 3.05) is 30.5 Å². The van der Waals surface area contributed by atoms with Gasteiger partial charge in [0.15, 0.2) is 0 Å². The van der Waals surface area contributed by atoms with Gasteiger partial charge in [-0.1, -0.05) is 42.5 Å². The molecule has 4 N–H and O–H groups in total. The quantitative estimate of drug-likeness (QED) is 0.423. The number of benzene rings is 3. The summed E-state index contributed by atoms with van der Waals surface area (Å²) in [5, 5.41) is 5.53. The number of anilines is 3. The fourth-order valence-corrected chi connectivity index (χ4v) is 3.03. The lowest BCUT2D eigenvalue weighted by atomic mass is 9.95. The number of hydrogen-bond donors (Lipinski definition) is 3. The first kappa shape index (κ1) is 21.6. The van der Waals surface area contributed by atoms with Gasteiger partial charge in [-0.05, 0) is 42.0 Å². The molecule has 3 amide bonds. The Bertz CT molecular complexity index is 1080. The smallest absolute Gasteiger partial charge is 0.255 e. The zero-order chi connectivity index (χ0) is 22.4. The van der Waals surface area contributed by atoms with Gasteiger partial charge in [0, 0.05) is 25.3 Å². The molecule has 0 spiro atoms. The van der Waals surface area contributed by atoms with Crippen LogP contribution in [-0.2, 0) is 9.59 Å². The molecule has 0 fully saturated rings. The number of amides is 3. The first-order valence-electron chi connectivity index (χ1n) is 9.69. The second kappa shape index (κ2) is 9.58. The summed E-state index contributed by atoms with van der Waals surface area (Å²) in [4.78, 5) is 39.6. The minimum Gasteiger partial charge on any atom is -0.397 e. The maximum Gasteiger partial charge on any atom is 0.255 e. The highest BCUT2D eigenvalue weighted by molar-refractivity contribution is 6.11. The molecule has 1 unspecified atom stereocenters. The van der Waals surface area contributed by atoms with Gasteiger partial charge in [0.05, 0.1) is 11.4 Å². The molecule has 3 aromatic rings. The molecule has 0 heterocycles. The Morgan fingerprint density at radius 1 is 0.806 bits per heavy atom. The van der Waals surface area contributed by atoms with E-state index in [0.29, 0.717) is 28.2 Å². The van der Waals surface area contributed by atoms with Crippen LogP contribution in [0.3, 0.4) is 0 Å². The van der Waals surface area contributed by atoms with Crippen LogP contribution in [0.2, 0.25) is 0 Å². The van der Waals surface area contributed by atoms with E-state index in [2.05, 4.69) is 10.6 Å². The maximum absolute atomic E-state index is 12.9. The normalized spacial score (nSPS) is 11.3. The minimum absolute atomic E-state index is 0.339. The summed E-state index contributed by atoms with van der Waals surface area (Å²) >= 11 is 0. The molecule has 3 rings (SSSR count). The van der Waals surface area contributed by atoms with Gasteiger partial charge in [-0.2, -0.15) is 0 Å². The van der Waals surface area contributed by atoms with Crippen molar-refractivity contribution in [2.45, 2.75) is 5.92 Å². The highest BCUT2D eigenvalue weighted by atomic mass is 16.2. The van der Waals surface area contributed by atoms with E-state index < -0.39 is 11.8 Å². The Morgan fingerprint density at radius 3 is 2.03 bits per heavy atom. The average molecular weight is 416 g/mol. The molecule has 0 aromatic heterocycles. The van der Waals surface area contributed by atoms with Crippen molar-refractivity contribution < 1.29 is 14.4 Å². The van der Waals surface area contributed by atoms with Gasteiger partial charge in [-0.25, -0.2) is 0 Å². The van der Waals surface area contributed by atoms with E-state index in [4.69, 9.17) is 5.73 Å². The first-order valence-corrected chi connectivity index (χ1v) is 9.69. The Balaban J connectivity index is 1.81. The van der Waals surface area contributed by atoms with E-state index in [9.17, 15) is 14.4 Å². The summed E-state index contributed by atoms with van der Waals surface area (Å²) in [5.74, 6) is -2.19. The molecule has 0 radical (unpaired) electrons. The van der Waals surface area contributed by atoms with E-state index >= 15 is 0 Å². The number of nitrogens with one attached hydrogen (secondary N) is 2. The van der Waals surface area contributed by atoms with Crippen molar-refractivity contribution in [1.29, 1.82) is 0 Å². The number of nitrogen functional groups attached to an aromatic ring is 1. The molecule has 0 saturated carbocycles. The number of para-hydroxylation sites is 3. The average Bonchev–Trinajstić information content (AvgIpc) is 2.76. The van der Waals surface area contributed by atoms with E-state index in [1.54, 1.807) is 86.9 Å². The van der Waals surface area contributed by atoms with Crippen LogP contribution in [0.15, 0.2) is 78.9 Å². The van der Waals surface area contributed by atoms with Crippen LogP contribution < -0.4 is 16.4 Å². The zero-order valence-electron chi connectivity index (χ0n) is 17.3. The molecule has 158 valence electrons. The molecular formula is C24H24N4O3. The minimum atomic E-state index is -1.04. The number of nitrogens with zero attached hydrogens (tertiary/aromatic N) is 1. The summed E-state index contributed by atoms with van der Waals surface area (Å²) in [6, 6.07) is 22.3. The Hall–Kier alpha value is -4.13. The van der Waals surface area contributed by atoms with Crippen LogP contribution in [0.1, 0.15) is 21.8 Å². The van der Waals surface area contributed by atoms with Gasteiger partial charge in [0.1, 0.15) is 5.92 Å². The third-order valence-corrected chi connectivity index (χ3v) is 4.71. The van der Waals surface area contributed by atoms with Gasteiger partial charge in [0.25, 0.3) is 5.91 Å². The lowest BCUT2D eigenvalue weighted by Gasteiger charge is -2.21. The maximum atomic E-state index is 12.9.